The fourth-order valence-corrected chi connectivity index (χ4v) is 3.99. The molecular weight excluding hydrogens is 382 g/mol. The number of benzene rings is 2. The monoisotopic (exact) mass is 415 g/mol. The standard InChI is InChI=1S/C23H33N3O2S/c1-17-15-26(16-18(2)28-17)22-12-10-20(11-13-22)24-14-19-6-8-21(9-7-19)25-29(27)23(3,4)5/h6-13,17-18,24-25H,14-16H2,1-5H3. The van der Waals surface area contributed by atoms with Crippen LogP contribution in [0.2, 0.25) is 0 Å². The van der Waals surface area contributed by atoms with Crippen LogP contribution >= 0.6 is 0 Å². The van der Waals surface area contributed by atoms with Gasteiger partial charge < -0.3 is 19.7 Å². The lowest BCUT2D eigenvalue weighted by molar-refractivity contribution is -0.00521. The zero-order valence-corrected chi connectivity index (χ0v) is 18.9. The smallest absolute Gasteiger partial charge is 0.122 e. The van der Waals surface area contributed by atoms with Crippen LogP contribution in [0, 0.1) is 0 Å². The van der Waals surface area contributed by atoms with E-state index in [9.17, 15) is 4.21 Å². The maximum absolute atomic E-state index is 12.2. The molecule has 2 aromatic rings. The molecule has 0 aromatic heterocycles. The molecule has 0 amide bonds. The Bertz CT molecular complexity index is 806. The molecule has 1 heterocycles. The Hall–Kier alpha value is -2.05. The zero-order chi connectivity index (χ0) is 21.0. The highest BCUT2D eigenvalue weighted by atomic mass is 32.2. The summed E-state index contributed by atoms with van der Waals surface area (Å²) in [7, 11) is -1.12. The molecule has 0 radical (unpaired) electrons. The van der Waals surface area contributed by atoms with Gasteiger partial charge in [0.25, 0.3) is 0 Å². The van der Waals surface area contributed by atoms with Crippen molar-refractivity contribution in [3.63, 3.8) is 0 Å². The summed E-state index contributed by atoms with van der Waals surface area (Å²) in [5, 5.41) is 3.47. The molecule has 3 unspecified atom stereocenters. The van der Waals surface area contributed by atoms with Crippen LogP contribution in [0.3, 0.4) is 0 Å². The van der Waals surface area contributed by atoms with Crippen molar-refractivity contribution in [1.29, 1.82) is 0 Å². The summed E-state index contributed by atoms with van der Waals surface area (Å²) >= 11 is 0. The van der Waals surface area contributed by atoms with Gasteiger partial charge in [-0.25, -0.2) is 4.21 Å². The summed E-state index contributed by atoms with van der Waals surface area (Å²) in [4.78, 5) is 2.38. The number of rotatable bonds is 6. The third-order valence-corrected chi connectivity index (χ3v) is 6.40. The first-order valence-corrected chi connectivity index (χ1v) is 11.4. The molecule has 2 aromatic carbocycles. The molecule has 0 bridgehead atoms. The minimum atomic E-state index is -1.12. The Labute approximate surface area is 177 Å². The molecule has 3 rings (SSSR count). The Morgan fingerprint density at radius 2 is 1.52 bits per heavy atom. The summed E-state index contributed by atoms with van der Waals surface area (Å²) in [5.41, 5.74) is 4.39. The van der Waals surface area contributed by atoms with Gasteiger partial charge in [-0.3, -0.25) is 0 Å². The highest BCUT2D eigenvalue weighted by Crippen LogP contribution is 2.23. The average molecular weight is 416 g/mol. The number of hydrogen-bond acceptors (Lipinski definition) is 4. The molecule has 1 fully saturated rings. The van der Waals surface area contributed by atoms with Gasteiger partial charge in [0.15, 0.2) is 0 Å². The van der Waals surface area contributed by atoms with Crippen LogP contribution in [0.25, 0.3) is 0 Å². The van der Waals surface area contributed by atoms with E-state index in [1.807, 2.05) is 32.9 Å². The highest BCUT2D eigenvalue weighted by molar-refractivity contribution is 7.87. The zero-order valence-electron chi connectivity index (χ0n) is 18.1. The van der Waals surface area contributed by atoms with Gasteiger partial charge in [-0.2, -0.15) is 0 Å². The van der Waals surface area contributed by atoms with Crippen molar-refractivity contribution in [2.45, 2.75) is 58.1 Å². The van der Waals surface area contributed by atoms with Gasteiger partial charge in [0.05, 0.1) is 17.0 Å². The van der Waals surface area contributed by atoms with Crippen molar-refractivity contribution in [3.8, 4) is 0 Å². The topological polar surface area (TPSA) is 53.6 Å². The first-order valence-electron chi connectivity index (χ1n) is 10.2. The highest BCUT2D eigenvalue weighted by Gasteiger charge is 2.22. The second-order valence-electron chi connectivity index (χ2n) is 8.74. The SMILES string of the molecule is CC1CN(c2ccc(NCc3ccc(NS(=O)C(C)(C)C)cc3)cc2)CC(C)O1. The summed E-state index contributed by atoms with van der Waals surface area (Å²) in [6.45, 7) is 12.7. The summed E-state index contributed by atoms with van der Waals surface area (Å²) in [6, 6.07) is 16.7. The van der Waals surface area contributed by atoms with Crippen molar-refractivity contribution in [2.24, 2.45) is 0 Å². The fourth-order valence-electron chi connectivity index (χ4n) is 3.33. The predicted molar refractivity (Wildman–Crippen MR) is 124 cm³/mol. The molecule has 2 N–H and O–H groups in total. The van der Waals surface area contributed by atoms with Crippen molar-refractivity contribution >= 4 is 28.0 Å². The first kappa shape index (κ1) is 21.7. The molecule has 0 saturated carbocycles. The maximum Gasteiger partial charge on any atom is 0.122 e. The second kappa shape index (κ2) is 9.18. The lowest BCUT2D eigenvalue weighted by atomic mass is 10.1. The lowest BCUT2D eigenvalue weighted by Gasteiger charge is -2.36. The van der Waals surface area contributed by atoms with Crippen LogP contribution in [0.15, 0.2) is 48.5 Å². The summed E-state index contributed by atoms with van der Waals surface area (Å²) < 4.78 is 20.8. The maximum atomic E-state index is 12.2. The third-order valence-electron chi connectivity index (χ3n) is 4.87. The second-order valence-corrected chi connectivity index (χ2v) is 10.7. The normalized spacial score (nSPS) is 20.9. The number of anilines is 3. The van der Waals surface area contributed by atoms with Gasteiger partial charge in [0.2, 0.25) is 0 Å². The van der Waals surface area contributed by atoms with Crippen molar-refractivity contribution in [3.05, 3.63) is 54.1 Å². The summed E-state index contributed by atoms with van der Waals surface area (Å²) in [5.74, 6) is 0. The van der Waals surface area contributed by atoms with E-state index < -0.39 is 11.0 Å². The molecule has 1 aliphatic rings. The third kappa shape index (κ3) is 6.21. The molecule has 5 nitrogen and oxygen atoms in total. The van der Waals surface area contributed by atoms with E-state index in [0.717, 1.165) is 31.0 Å². The molecule has 3 atom stereocenters. The van der Waals surface area contributed by atoms with E-state index in [4.69, 9.17) is 4.74 Å². The quantitative estimate of drug-likeness (QED) is 0.712. The van der Waals surface area contributed by atoms with E-state index >= 15 is 0 Å². The lowest BCUT2D eigenvalue weighted by Crippen LogP contribution is -2.45. The van der Waals surface area contributed by atoms with E-state index in [0.29, 0.717) is 0 Å². The molecular formula is C23H33N3O2S. The number of hydrogen-bond donors (Lipinski definition) is 2. The van der Waals surface area contributed by atoms with Gasteiger partial charge in [-0.15, -0.1) is 0 Å². The van der Waals surface area contributed by atoms with E-state index in [1.54, 1.807) is 0 Å². The minimum Gasteiger partial charge on any atom is -0.381 e. The van der Waals surface area contributed by atoms with Crippen LogP contribution in [0.4, 0.5) is 17.1 Å². The molecule has 1 aliphatic heterocycles. The Morgan fingerprint density at radius 1 is 0.966 bits per heavy atom. The van der Waals surface area contributed by atoms with Crippen LogP contribution in [0.5, 0.6) is 0 Å². The fraction of sp³-hybridized carbons (Fsp3) is 0.478. The average Bonchev–Trinajstić information content (AvgIpc) is 2.66. The van der Waals surface area contributed by atoms with Crippen molar-refractivity contribution < 1.29 is 8.95 Å². The molecule has 0 spiro atoms. The predicted octanol–water partition coefficient (Wildman–Crippen LogP) is 4.79. The van der Waals surface area contributed by atoms with E-state index in [1.165, 1.54) is 11.3 Å². The van der Waals surface area contributed by atoms with E-state index in [2.05, 4.69) is 65.2 Å². The van der Waals surface area contributed by atoms with Crippen molar-refractivity contribution in [2.75, 3.05) is 28.0 Å². The Balaban J connectivity index is 1.53. The molecule has 6 heteroatoms. The Morgan fingerprint density at radius 3 is 2.07 bits per heavy atom. The van der Waals surface area contributed by atoms with Gasteiger partial charge in [0.1, 0.15) is 11.0 Å². The first-order chi connectivity index (χ1) is 13.7. The Kier molecular flexibility index (Phi) is 6.85. The van der Waals surface area contributed by atoms with Gasteiger partial charge in [-0.05, 0) is 76.6 Å². The van der Waals surface area contributed by atoms with Gasteiger partial charge in [-0.1, -0.05) is 12.1 Å². The van der Waals surface area contributed by atoms with Crippen LogP contribution < -0.4 is 14.9 Å². The molecule has 0 aliphatic carbocycles. The largest absolute Gasteiger partial charge is 0.381 e. The van der Waals surface area contributed by atoms with Crippen LogP contribution in [0.1, 0.15) is 40.2 Å². The number of nitrogens with one attached hydrogen (secondary N) is 2. The van der Waals surface area contributed by atoms with Crippen LogP contribution in [-0.2, 0) is 22.3 Å². The van der Waals surface area contributed by atoms with Gasteiger partial charge >= 0.3 is 0 Å². The minimum absolute atomic E-state index is 0.259. The van der Waals surface area contributed by atoms with Gasteiger partial charge in [0, 0.05) is 36.7 Å². The number of nitrogens with zero attached hydrogens (tertiary/aromatic N) is 1. The van der Waals surface area contributed by atoms with E-state index in [-0.39, 0.29) is 17.0 Å². The molecule has 158 valence electrons. The van der Waals surface area contributed by atoms with Crippen LogP contribution in [-0.4, -0.2) is 34.3 Å². The number of morpholine rings is 1. The molecule has 29 heavy (non-hydrogen) atoms. The summed E-state index contributed by atoms with van der Waals surface area (Å²) in [6.07, 6.45) is 0.518. The molecule has 1 saturated heterocycles. The number of ether oxygens (including phenoxy) is 1. The van der Waals surface area contributed by atoms with Crippen molar-refractivity contribution in [1.82, 2.24) is 0 Å².